The van der Waals surface area contributed by atoms with Crippen LogP contribution >= 0.6 is 39.1 Å². The van der Waals surface area contributed by atoms with Gasteiger partial charge in [0, 0.05) is 35.2 Å². The molecule has 0 bridgehead atoms. The number of aromatic nitrogens is 2. The summed E-state index contributed by atoms with van der Waals surface area (Å²) in [5.74, 6) is 1.97. The molecule has 7 nitrogen and oxygen atoms in total. The molecule has 10 heteroatoms. The number of halogens is 3. The summed E-state index contributed by atoms with van der Waals surface area (Å²) < 4.78 is 5.67. The number of hydrogen-bond acceptors (Lipinski definition) is 7. The molecule has 1 atom stereocenters. The first-order chi connectivity index (χ1) is 16.9. The minimum atomic E-state index is -0.553. The molecule has 0 radical (unpaired) electrons. The molecule has 186 valence electrons. The summed E-state index contributed by atoms with van der Waals surface area (Å²) in [5.41, 5.74) is 1.59. The summed E-state index contributed by atoms with van der Waals surface area (Å²) in [6.07, 6.45) is 4.98. The Morgan fingerprint density at radius 3 is 2.57 bits per heavy atom. The van der Waals surface area contributed by atoms with Crippen molar-refractivity contribution in [1.82, 2.24) is 14.9 Å². The molecular formula is C25H28BrCl2N5O2. The summed E-state index contributed by atoms with van der Waals surface area (Å²) >= 11 is 16.1. The summed E-state index contributed by atoms with van der Waals surface area (Å²) in [4.78, 5) is 12.7. The van der Waals surface area contributed by atoms with E-state index in [2.05, 4.69) is 31.2 Å². The number of aliphatic hydroxyl groups is 1. The number of anilines is 4. The van der Waals surface area contributed by atoms with Gasteiger partial charge in [0.2, 0.25) is 0 Å². The fraction of sp³-hybridized carbons (Fsp3) is 0.280. The van der Waals surface area contributed by atoms with Crippen molar-refractivity contribution in [1.29, 1.82) is 0 Å². The van der Waals surface area contributed by atoms with Gasteiger partial charge in [-0.1, -0.05) is 51.3 Å². The van der Waals surface area contributed by atoms with Gasteiger partial charge in [-0.05, 0) is 56.6 Å². The molecule has 0 spiro atoms. The van der Waals surface area contributed by atoms with Crippen LogP contribution in [-0.2, 0) is 0 Å². The lowest BCUT2D eigenvalue weighted by atomic mass is 10.2. The summed E-state index contributed by atoms with van der Waals surface area (Å²) in [6, 6.07) is 14.6. The van der Waals surface area contributed by atoms with E-state index in [-0.39, 0.29) is 6.61 Å². The monoisotopic (exact) mass is 579 g/mol. The second kappa shape index (κ2) is 13.7. The highest BCUT2D eigenvalue weighted by Gasteiger charge is 2.15. The van der Waals surface area contributed by atoms with Gasteiger partial charge in [0.25, 0.3) is 0 Å². The highest BCUT2D eigenvalue weighted by molar-refractivity contribution is 9.09. The highest BCUT2D eigenvalue weighted by Crippen LogP contribution is 2.34. The quantitative estimate of drug-likeness (QED) is 0.203. The Labute approximate surface area is 224 Å². The van der Waals surface area contributed by atoms with Crippen LogP contribution < -0.4 is 15.0 Å². The molecule has 2 N–H and O–H groups in total. The number of rotatable bonds is 12. The van der Waals surface area contributed by atoms with Gasteiger partial charge in [-0.2, -0.15) is 0 Å². The minimum Gasteiger partial charge on any atom is -0.491 e. The van der Waals surface area contributed by atoms with E-state index >= 15 is 0 Å². The van der Waals surface area contributed by atoms with Gasteiger partial charge in [0.1, 0.15) is 36.4 Å². The van der Waals surface area contributed by atoms with Gasteiger partial charge in [-0.25, -0.2) is 9.97 Å². The van der Waals surface area contributed by atoms with Crippen LogP contribution in [0.2, 0.25) is 10.0 Å². The fourth-order valence-electron chi connectivity index (χ4n) is 3.26. The number of hydrogen-bond donors (Lipinski definition) is 2. The first-order valence-electron chi connectivity index (χ1n) is 10.9. The first kappa shape index (κ1) is 27.2. The Bertz CT molecular complexity index is 1120. The lowest BCUT2D eigenvalue weighted by molar-refractivity contribution is 0.0831. The molecule has 0 fully saturated rings. The van der Waals surface area contributed by atoms with Crippen LogP contribution in [-0.4, -0.2) is 65.2 Å². The average Bonchev–Trinajstić information content (AvgIpc) is 2.83. The highest BCUT2D eigenvalue weighted by atomic mass is 79.9. The van der Waals surface area contributed by atoms with Crippen LogP contribution in [0.25, 0.3) is 0 Å². The molecule has 1 aromatic heterocycles. The van der Waals surface area contributed by atoms with Crippen molar-refractivity contribution >= 4 is 62.1 Å². The lowest BCUT2D eigenvalue weighted by Crippen LogP contribution is -2.30. The molecule has 3 aromatic rings. The number of likely N-dealkylation sites (N-methyl/N-ethyl adjacent to an activating group) is 1. The van der Waals surface area contributed by atoms with Crippen molar-refractivity contribution in [3.63, 3.8) is 0 Å². The van der Waals surface area contributed by atoms with E-state index in [9.17, 15) is 5.11 Å². The van der Waals surface area contributed by atoms with Crippen molar-refractivity contribution in [2.45, 2.75) is 6.10 Å². The van der Waals surface area contributed by atoms with Crippen LogP contribution in [0, 0.1) is 0 Å². The number of ether oxygens (including phenoxy) is 1. The van der Waals surface area contributed by atoms with E-state index in [1.807, 2.05) is 72.4 Å². The molecule has 0 aliphatic heterocycles. The zero-order valence-electron chi connectivity index (χ0n) is 19.5. The van der Waals surface area contributed by atoms with Crippen LogP contribution in [0.5, 0.6) is 5.75 Å². The second-order valence-corrected chi connectivity index (χ2v) is 9.46. The van der Waals surface area contributed by atoms with Gasteiger partial charge in [0.15, 0.2) is 0 Å². The van der Waals surface area contributed by atoms with Gasteiger partial charge in [0.05, 0.1) is 10.7 Å². The fourth-order valence-corrected chi connectivity index (χ4v) is 3.91. The molecule has 3 rings (SSSR count). The van der Waals surface area contributed by atoms with Gasteiger partial charge in [-0.15, -0.1) is 0 Å². The summed E-state index contributed by atoms with van der Waals surface area (Å²) in [5, 5.41) is 15.2. The number of alkyl halides is 1. The normalized spacial score (nSPS) is 12.2. The third-order valence-electron chi connectivity index (χ3n) is 4.82. The third-order valence-corrected chi connectivity index (χ3v) is 5.75. The zero-order chi connectivity index (χ0) is 25.2. The van der Waals surface area contributed by atoms with Crippen molar-refractivity contribution in [2.24, 2.45) is 0 Å². The van der Waals surface area contributed by atoms with Crippen LogP contribution in [0.15, 0.2) is 67.0 Å². The second-order valence-electron chi connectivity index (χ2n) is 7.97. The minimum absolute atomic E-state index is 0.228. The third kappa shape index (κ3) is 8.66. The van der Waals surface area contributed by atoms with E-state index in [1.165, 1.54) is 6.33 Å². The number of benzene rings is 2. The molecule has 2 aromatic carbocycles. The van der Waals surface area contributed by atoms with Gasteiger partial charge < -0.3 is 25.0 Å². The zero-order valence-corrected chi connectivity index (χ0v) is 22.6. The molecule has 0 saturated heterocycles. The predicted octanol–water partition coefficient (Wildman–Crippen LogP) is 5.92. The molecule has 0 aliphatic rings. The Balaban J connectivity index is 1.74. The molecule has 35 heavy (non-hydrogen) atoms. The first-order valence-corrected chi connectivity index (χ1v) is 12.8. The van der Waals surface area contributed by atoms with Crippen LogP contribution in [0.4, 0.5) is 23.0 Å². The Morgan fingerprint density at radius 2 is 1.86 bits per heavy atom. The topological polar surface area (TPSA) is 73.8 Å². The Hall–Kier alpha value is -2.36. The largest absolute Gasteiger partial charge is 0.491 e. The lowest BCUT2D eigenvalue weighted by Gasteiger charge is -2.24. The molecule has 0 aliphatic carbocycles. The predicted molar refractivity (Wildman–Crippen MR) is 148 cm³/mol. The SMILES string of the molecule is CN(C)CC(O)COc1ccc(Nc2cc(N(C/C=C/CBr)c3cc(Cl)ccc3Cl)ncn2)cc1. The van der Waals surface area contributed by atoms with Crippen molar-refractivity contribution in [3.05, 3.63) is 77.1 Å². The van der Waals surface area contributed by atoms with Crippen molar-refractivity contribution < 1.29 is 9.84 Å². The smallest absolute Gasteiger partial charge is 0.138 e. The van der Waals surface area contributed by atoms with E-state index in [1.54, 1.807) is 12.1 Å². The maximum absolute atomic E-state index is 9.96. The van der Waals surface area contributed by atoms with E-state index in [0.29, 0.717) is 40.5 Å². The summed E-state index contributed by atoms with van der Waals surface area (Å²) in [6.45, 7) is 1.32. The maximum atomic E-state index is 9.96. The molecule has 0 amide bonds. The average molecular weight is 581 g/mol. The number of nitrogens with one attached hydrogen (secondary N) is 1. The van der Waals surface area contributed by atoms with Gasteiger partial charge in [-0.3, -0.25) is 0 Å². The molecule has 1 heterocycles. The summed E-state index contributed by atoms with van der Waals surface area (Å²) in [7, 11) is 3.82. The van der Waals surface area contributed by atoms with Gasteiger partial charge >= 0.3 is 0 Å². The molecule has 0 saturated carbocycles. The Kier molecular flexibility index (Phi) is 10.6. The van der Waals surface area contributed by atoms with Crippen LogP contribution in [0.1, 0.15) is 0 Å². The van der Waals surface area contributed by atoms with Crippen LogP contribution in [0.3, 0.4) is 0 Å². The van der Waals surface area contributed by atoms with E-state index in [4.69, 9.17) is 27.9 Å². The number of aliphatic hydroxyl groups excluding tert-OH is 1. The molecule has 1 unspecified atom stereocenters. The maximum Gasteiger partial charge on any atom is 0.138 e. The van der Waals surface area contributed by atoms with Crippen molar-refractivity contribution in [3.8, 4) is 5.75 Å². The number of nitrogens with zero attached hydrogens (tertiary/aromatic N) is 4. The standard InChI is InChI=1S/C25H28BrCl2N5O2/c1-32(2)15-20(34)16-35-21-8-6-19(7-9-21)31-24-14-25(30-17-29-24)33(12-4-3-11-26)23-13-18(27)5-10-22(23)28/h3-10,13-14,17,20,34H,11-12,15-16H2,1-2H3,(H,29,30,31)/b4-3+. The Morgan fingerprint density at radius 1 is 1.09 bits per heavy atom. The van der Waals surface area contributed by atoms with E-state index < -0.39 is 6.10 Å². The van der Waals surface area contributed by atoms with E-state index in [0.717, 1.165) is 16.7 Å². The number of allylic oxidation sites excluding steroid dienone is 1. The molecular weight excluding hydrogens is 553 g/mol. The van der Waals surface area contributed by atoms with Crippen molar-refractivity contribution in [2.75, 3.05) is 49.3 Å².